The van der Waals surface area contributed by atoms with Gasteiger partial charge in [-0.2, -0.15) is 16.9 Å². The highest BCUT2D eigenvalue weighted by Gasteiger charge is 2.20. The molecule has 0 aliphatic carbocycles. The summed E-state index contributed by atoms with van der Waals surface area (Å²) in [7, 11) is 1.91. The number of aromatic nitrogens is 2. The monoisotopic (exact) mass is 243 g/mol. The van der Waals surface area contributed by atoms with Crippen LogP contribution in [0.3, 0.4) is 0 Å². The van der Waals surface area contributed by atoms with Gasteiger partial charge < -0.3 is 10.8 Å². The van der Waals surface area contributed by atoms with Crippen molar-refractivity contribution in [2.45, 2.75) is 31.1 Å². The zero-order valence-corrected chi connectivity index (χ0v) is 10.8. The third kappa shape index (κ3) is 3.81. The van der Waals surface area contributed by atoms with E-state index < -0.39 is 0 Å². The van der Waals surface area contributed by atoms with Crippen molar-refractivity contribution in [2.75, 3.05) is 12.4 Å². The SMILES string of the molecule is CCC(N)C(SCCCO)c1cnn(C)c1. The highest BCUT2D eigenvalue weighted by Crippen LogP contribution is 2.32. The van der Waals surface area contributed by atoms with Gasteiger partial charge in [0.15, 0.2) is 0 Å². The summed E-state index contributed by atoms with van der Waals surface area (Å²) in [5.74, 6) is 0.934. The summed E-state index contributed by atoms with van der Waals surface area (Å²) in [4.78, 5) is 0. The van der Waals surface area contributed by atoms with Crippen LogP contribution in [0.4, 0.5) is 0 Å². The Kier molecular flexibility index (Phi) is 5.87. The molecular weight excluding hydrogens is 222 g/mol. The highest BCUT2D eigenvalue weighted by molar-refractivity contribution is 7.99. The third-order valence-electron chi connectivity index (χ3n) is 2.51. The molecular formula is C11H21N3OS. The lowest BCUT2D eigenvalue weighted by Gasteiger charge is -2.21. The van der Waals surface area contributed by atoms with Gasteiger partial charge >= 0.3 is 0 Å². The first-order valence-electron chi connectivity index (χ1n) is 5.65. The molecule has 1 rings (SSSR count). The molecule has 16 heavy (non-hydrogen) atoms. The molecule has 2 unspecified atom stereocenters. The summed E-state index contributed by atoms with van der Waals surface area (Å²) in [5, 5.41) is 13.3. The summed E-state index contributed by atoms with van der Waals surface area (Å²) in [6.45, 7) is 2.34. The fourth-order valence-corrected chi connectivity index (χ4v) is 2.85. The van der Waals surface area contributed by atoms with Crippen LogP contribution in [0.15, 0.2) is 12.4 Å². The van der Waals surface area contributed by atoms with Gasteiger partial charge in [0, 0.05) is 36.7 Å². The van der Waals surface area contributed by atoms with Crippen LogP contribution < -0.4 is 5.73 Å². The highest BCUT2D eigenvalue weighted by atomic mass is 32.2. The molecule has 3 N–H and O–H groups in total. The van der Waals surface area contributed by atoms with Crippen LogP contribution in [0, 0.1) is 0 Å². The summed E-state index contributed by atoms with van der Waals surface area (Å²) in [5.41, 5.74) is 7.30. The van der Waals surface area contributed by atoms with E-state index in [9.17, 15) is 0 Å². The van der Waals surface area contributed by atoms with E-state index in [-0.39, 0.29) is 17.9 Å². The number of hydrogen-bond donors (Lipinski definition) is 2. The number of hydrogen-bond acceptors (Lipinski definition) is 4. The zero-order chi connectivity index (χ0) is 12.0. The van der Waals surface area contributed by atoms with E-state index in [1.165, 1.54) is 5.56 Å². The molecule has 0 saturated heterocycles. The van der Waals surface area contributed by atoms with Crippen LogP contribution in [-0.4, -0.2) is 33.3 Å². The van der Waals surface area contributed by atoms with E-state index in [0.717, 1.165) is 18.6 Å². The van der Waals surface area contributed by atoms with Gasteiger partial charge in [0.2, 0.25) is 0 Å². The number of rotatable bonds is 7. The Bertz CT molecular complexity index is 303. The molecule has 5 heteroatoms. The summed E-state index contributed by atoms with van der Waals surface area (Å²) in [6.07, 6.45) is 5.67. The van der Waals surface area contributed by atoms with E-state index >= 15 is 0 Å². The first-order valence-corrected chi connectivity index (χ1v) is 6.70. The summed E-state index contributed by atoms with van der Waals surface area (Å²) in [6, 6.07) is 0.146. The number of thioether (sulfide) groups is 1. The van der Waals surface area contributed by atoms with Crippen LogP contribution in [0.2, 0.25) is 0 Å². The quantitative estimate of drug-likeness (QED) is 0.709. The van der Waals surface area contributed by atoms with Gasteiger partial charge in [0.1, 0.15) is 0 Å². The van der Waals surface area contributed by atoms with E-state index in [4.69, 9.17) is 10.8 Å². The fourth-order valence-electron chi connectivity index (χ4n) is 1.54. The fraction of sp³-hybridized carbons (Fsp3) is 0.727. The van der Waals surface area contributed by atoms with Crippen LogP contribution in [0.1, 0.15) is 30.6 Å². The van der Waals surface area contributed by atoms with Crippen LogP contribution in [0.25, 0.3) is 0 Å². The Morgan fingerprint density at radius 3 is 2.88 bits per heavy atom. The second-order valence-corrected chi connectivity index (χ2v) is 5.14. The van der Waals surface area contributed by atoms with Crippen molar-refractivity contribution in [3.05, 3.63) is 18.0 Å². The average molecular weight is 243 g/mol. The third-order valence-corrected chi connectivity index (χ3v) is 4.02. The molecule has 0 aliphatic heterocycles. The Morgan fingerprint density at radius 1 is 1.62 bits per heavy atom. The van der Waals surface area contributed by atoms with E-state index in [1.54, 1.807) is 16.4 Å². The lowest BCUT2D eigenvalue weighted by Crippen LogP contribution is -2.25. The van der Waals surface area contributed by atoms with Gasteiger partial charge in [0.25, 0.3) is 0 Å². The van der Waals surface area contributed by atoms with Crippen molar-refractivity contribution in [1.29, 1.82) is 0 Å². The summed E-state index contributed by atoms with van der Waals surface area (Å²) >= 11 is 1.81. The van der Waals surface area contributed by atoms with Crippen molar-refractivity contribution < 1.29 is 5.11 Å². The second kappa shape index (κ2) is 6.93. The molecule has 0 bridgehead atoms. The smallest absolute Gasteiger partial charge is 0.0533 e. The van der Waals surface area contributed by atoms with Gasteiger partial charge in [-0.05, 0) is 18.6 Å². The minimum Gasteiger partial charge on any atom is -0.396 e. The molecule has 1 aromatic rings. The Hall–Kier alpha value is -0.520. The minimum atomic E-state index is 0.146. The van der Waals surface area contributed by atoms with E-state index in [0.29, 0.717) is 0 Å². The van der Waals surface area contributed by atoms with E-state index in [2.05, 4.69) is 12.0 Å². The molecule has 0 fully saturated rings. The Balaban J connectivity index is 2.63. The number of aryl methyl sites for hydroxylation is 1. The number of nitrogens with two attached hydrogens (primary N) is 1. The predicted molar refractivity (Wildman–Crippen MR) is 68.4 cm³/mol. The molecule has 0 radical (unpaired) electrons. The molecule has 1 heterocycles. The van der Waals surface area contributed by atoms with Gasteiger partial charge in [0.05, 0.1) is 6.20 Å². The first-order chi connectivity index (χ1) is 7.69. The molecule has 0 spiro atoms. The zero-order valence-electron chi connectivity index (χ0n) is 9.97. The van der Waals surface area contributed by atoms with Crippen LogP contribution >= 0.6 is 11.8 Å². The number of aliphatic hydroxyl groups is 1. The maximum atomic E-state index is 8.79. The number of nitrogens with zero attached hydrogens (tertiary/aromatic N) is 2. The Labute approximate surface area is 101 Å². The average Bonchev–Trinajstić information content (AvgIpc) is 2.70. The van der Waals surface area contributed by atoms with Gasteiger partial charge in [-0.15, -0.1) is 0 Å². The van der Waals surface area contributed by atoms with Gasteiger partial charge in [-0.1, -0.05) is 6.92 Å². The van der Waals surface area contributed by atoms with Crippen molar-refractivity contribution >= 4 is 11.8 Å². The van der Waals surface area contributed by atoms with Crippen molar-refractivity contribution in [1.82, 2.24) is 9.78 Å². The van der Waals surface area contributed by atoms with Crippen LogP contribution in [-0.2, 0) is 7.05 Å². The predicted octanol–water partition coefficient (Wildman–Crippen LogP) is 1.31. The molecule has 0 aromatic carbocycles. The lowest BCUT2D eigenvalue weighted by molar-refractivity contribution is 0.296. The largest absolute Gasteiger partial charge is 0.396 e. The second-order valence-electron chi connectivity index (χ2n) is 3.89. The first kappa shape index (κ1) is 13.5. The molecule has 2 atom stereocenters. The maximum absolute atomic E-state index is 8.79. The molecule has 0 aliphatic rings. The molecule has 1 aromatic heterocycles. The van der Waals surface area contributed by atoms with Crippen molar-refractivity contribution in [3.8, 4) is 0 Å². The maximum Gasteiger partial charge on any atom is 0.0533 e. The standard InChI is InChI=1S/C11H21N3OS/c1-3-10(12)11(16-6-4-5-15)9-7-13-14(2)8-9/h7-8,10-11,15H,3-6,12H2,1-2H3. The van der Waals surface area contributed by atoms with E-state index in [1.807, 2.05) is 19.4 Å². The summed E-state index contributed by atoms with van der Waals surface area (Å²) < 4.78 is 1.80. The minimum absolute atomic E-state index is 0.146. The van der Waals surface area contributed by atoms with Crippen molar-refractivity contribution in [3.63, 3.8) is 0 Å². The van der Waals surface area contributed by atoms with Crippen LogP contribution in [0.5, 0.6) is 0 Å². The number of aliphatic hydroxyl groups excluding tert-OH is 1. The normalized spacial score (nSPS) is 15.0. The molecule has 4 nitrogen and oxygen atoms in total. The lowest BCUT2D eigenvalue weighted by atomic mass is 10.1. The molecule has 92 valence electrons. The van der Waals surface area contributed by atoms with Gasteiger partial charge in [-0.25, -0.2) is 0 Å². The van der Waals surface area contributed by atoms with Crippen molar-refractivity contribution in [2.24, 2.45) is 12.8 Å². The van der Waals surface area contributed by atoms with Gasteiger partial charge in [-0.3, -0.25) is 4.68 Å². The molecule has 0 saturated carbocycles. The molecule has 0 amide bonds. The Morgan fingerprint density at radius 2 is 2.38 bits per heavy atom. The topological polar surface area (TPSA) is 64.1 Å².